The number of methoxy groups -OCH3 is 1. The van der Waals surface area contributed by atoms with E-state index in [0.29, 0.717) is 17.1 Å². The Balaban J connectivity index is 2.33. The molecule has 0 amide bonds. The second-order valence-electron chi connectivity index (χ2n) is 4.41. The smallest absolute Gasteiger partial charge is 0.233 e. The number of nitrogens with one attached hydrogen (secondary N) is 1. The van der Waals surface area contributed by atoms with Crippen LogP contribution in [0.4, 0.5) is 4.39 Å². The maximum Gasteiger partial charge on any atom is 0.233 e. The van der Waals surface area contributed by atoms with Crippen LogP contribution in [0.25, 0.3) is 0 Å². The fourth-order valence-corrected chi connectivity index (χ4v) is 1.96. The second kappa shape index (κ2) is 6.96. The van der Waals surface area contributed by atoms with Crippen molar-refractivity contribution < 1.29 is 9.13 Å². The molecule has 2 rings (SSSR count). The standard InChI is InChI=1S/C15H18FN3O/c1-3-10-17-15(11-6-4-5-7-12(11)16)13-8-9-14(20-2)19-18-13/h4-9,15,17H,3,10H2,1-2H3. The normalized spacial score (nSPS) is 12.2. The molecule has 0 saturated heterocycles. The number of ether oxygens (including phenoxy) is 1. The van der Waals surface area contributed by atoms with Crippen molar-refractivity contribution in [3.63, 3.8) is 0 Å². The topological polar surface area (TPSA) is 47.0 Å². The zero-order valence-corrected chi connectivity index (χ0v) is 11.6. The van der Waals surface area contributed by atoms with Gasteiger partial charge in [-0.05, 0) is 25.1 Å². The van der Waals surface area contributed by atoms with Gasteiger partial charge in [-0.3, -0.25) is 0 Å². The molecular weight excluding hydrogens is 257 g/mol. The van der Waals surface area contributed by atoms with E-state index in [1.807, 2.05) is 6.07 Å². The third-order valence-corrected chi connectivity index (χ3v) is 2.98. The number of aromatic nitrogens is 2. The van der Waals surface area contributed by atoms with E-state index in [1.54, 1.807) is 24.3 Å². The van der Waals surface area contributed by atoms with E-state index in [0.717, 1.165) is 13.0 Å². The van der Waals surface area contributed by atoms with Gasteiger partial charge in [0.1, 0.15) is 5.82 Å². The minimum atomic E-state index is -0.311. The largest absolute Gasteiger partial charge is 0.480 e. The fourth-order valence-electron chi connectivity index (χ4n) is 1.96. The lowest BCUT2D eigenvalue weighted by Gasteiger charge is -2.18. The van der Waals surface area contributed by atoms with Crippen LogP contribution in [0.3, 0.4) is 0 Å². The summed E-state index contributed by atoms with van der Waals surface area (Å²) in [7, 11) is 1.54. The highest BCUT2D eigenvalue weighted by atomic mass is 19.1. The average Bonchev–Trinajstić information content (AvgIpc) is 2.50. The van der Waals surface area contributed by atoms with Gasteiger partial charge in [-0.25, -0.2) is 4.39 Å². The number of hydrogen-bond acceptors (Lipinski definition) is 4. The average molecular weight is 275 g/mol. The van der Waals surface area contributed by atoms with E-state index in [-0.39, 0.29) is 11.9 Å². The van der Waals surface area contributed by atoms with Crippen molar-refractivity contribution in [2.75, 3.05) is 13.7 Å². The van der Waals surface area contributed by atoms with Crippen molar-refractivity contribution in [2.45, 2.75) is 19.4 Å². The summed E-state index contributed by atoms with van der Waals surface area (Å²) in [6.07, 6.45) is 0.953. The van der Waals surface area contributed by atoms with E-state index in [2.05, 4.69) is 22.4 Å². The van der Waals surface area contributed by atoms with Crippen molar-refractivity contribution in [3.05, 3.63) is 53.5 Å². The lowest BCUT2D eigenvalue weighted by Crippen LogP contribution is -2.25. The third kappa shape index (κ3) is 3.30. The summed E-state index contributed by atoms with van der Waals surface area (Å²) in [6, 6.07) is 9.91. The first-order valence-electron chi connectivity index (χ1n) is 6.61. The van der Waals surface area contributed by atoms with Gasteiger partial charge in [0.15, 0.2) is 0 Å². The van der Waals surface area contributed by atoms with Crippen LogP contribution in [0.2, 0.25) is 0 Å². The van der Waals surface area contributed by atoms with E-state index >= 15 is 0 Å². The van der Waals surface area contributed by atoms with Crippen LogP contribution in [0.5, 0.6) is 5.88 Å². The van der Waals surface area contributed by atoms with Gasteiger partial charge in [0.2, 0.25) is 5.88 Å². The second-order valence-corrected chi connectivity index (χ2v) is 4.41. The van der Waals surface area contributed by atoms with Crippen LogP contribution in [0.1, 0.15) is 30.6 Å². The molecule has 5 heteroatoms. The lowest BCUT2D eigenvalue weighted by atomic mass is 10.0. The highest BCUT2D eigenvalue weighted by Gasteiger charge is 2.18. The minimum absolute atomic E-state index is 0.251. The van der Waals surface area contributed by atoms with Gasteiger partial charge >= 0.3 is 0 Å². The molecule has 4 nitrogen and oxygen atoms in total. The van der Waals surface area contributed by atoms with Gasteiger partial charge in [0.25, 0.3) is 0 Å². The number of nitrogens with zero attached hydrogens (tertiary/aromatic N) is 2. The molecule has 1 aromatic heterocycles. The third-order valence-electron chi connectivity index (χ3n) is 2.98. The molecular formula is C15H18FN3O. The molecule has 20 heavy (non-hydrogen) atoms. The van der Waals surface area contributed by atoms with Crippen LogP contribution in [0, 0.1) is 5.82 Å². The van der Waals surface area contributed by atoms with Gasteiger partial charge in [-0.15, -0.1) is 10.2 Å². The number of benzene rings is 1. The Kier molecular flexibility index (Phi) is 5.01. The van der Waals surface area contributed by atoms with E-state index in [9.17, 15) is 4.39 Å². The van der Waals surface area contributed by atoms with Crippen LogP contribution in [-0.2, 0) is 0 Å². The van der Waals surface area contributed by atoms with Gasteiger partial charge in [0, 0.05) is 11.6 Å². The SMILES string of the molecule is CCCNC(c1ccc(OC)nn1)c1ccccc1F. The monoisotopic (exact) mass is 275 g/mol. The molecule has 0 fully saturated rings. The predicted octanol–water partition coefficient (Wildman–Crippen LogP) is 2.71. The molecule has 0 aliphatic rings. The molecule has 1 N–H and O–H groups in total. The number of halogens is 1. The number of rotatable bonds is 6. The van der Waals surface area contributed by atoms with Gasteiger partial charge in [0.05, 0.1) is 18.8 Å². The summed E-state index contributed by atoms with van der Waals surface area (Å²) in [5.41, 5.74) is 1.24. The molecule has 2 aromatic rings. The quantitative estimate of drug-likeness (QED) is 0.880. The molecule has 1 aromatic carbocycles. The summed E-state index contributed by atoms with van der Waals surface area (Å²) in [4.78, 5) is 0. The highest BCUT2D eigenvalue weighted by molar-refractivity contribution is 5.29. The van der Waals surface area contributed by atoms with Crippen LogP contribution in [0.15, 0.2) is 36.4 Å². The Labute approximate surface area is 118 Å². The Morgan fingerprint density at radius 1 is 1.20 bits per heavy atom. The zero-order chi connectivity index (χ0) is 14.4. The molecule has 0 spiro atoms. The highest BCUT2D eigenvalue weighted by Crippen LogP contribution is 2.23. The van der Waals surface area contributed by atoms with Gasteiger partial charge < -0.3 is 10.1 Å². The molecule has 0 saturated carbocycles. The Morgan fingerprint density at radius 3 is 2.60 bits per heavy atom. The minimum Gasteiger partial charge on any atom is -0.480 e. The maximum absolute atomic E-state index is 14.0. The first-order chi connectivity index (χ1) is 9.76. The van der Waals surface area contributed by atoms with E-state index in [4.69, 9.17) is 4.74 Å². The predicted molar refractivity (Wildman–Crippen MR) is 75.1 cm³/mol. The first kappa shape index (κ1) is 14.4. The molecule has 106 valence electrons. The molecule has 0 aliphatic heterocycles. The van der Waals surface area contributed by atoms with Crippen LogP contribution in [-0.4, -0.2) is 23.9 Å². The lowest BCUT2D eigenvalue weighted by molar-refractivity contribution is 0.390. The molecule has 0 aliphatic carbocycles. The van der Waals surface area contributed by atoms with Gasteiger partial charge in [-0.1, -0.05) is 25.1 Å². The van der Waals surface area contributed by atoms with Gasteiger partial charge in [-0.2, -0.15) is 0 Å². The van der Waals surface area contributed by atoms with E-state index < -0.39 is 0 Å². The Hall–Kier alpha value is -2.01. The first-order valence-corrected chi connectivity index (χ1v) is 6.61. The molecule has 1 heterocycles. The van der Waals surface area contributed by atoms with Crippen LogP contribution < -0.4 is 10.1 Å². The maximum atomic E-state index is 14.0. The number of hydrogen-bond donors (Lipinski definition) is 1. The zero-order valence-electron chi connectivity index (χ0n) is 11.6. The van der Waals surface area contributed by atoms with E-state index in [1.165, 1.54) is 13.2 Å². The summed E-state index contributed by atoms with van der Waals surface area (Å²) in [5, 5.41) is 11.4. The fraction of sp³-hybridized carbons (Fsp3) is 0.333. The molecule has 0 radical (unpaired) electrons. The van der Waals surface area contributed by atoms with Crippen molar-refractivity contribution in [1.82, 2.24) is 15.5 Å². The summed E-state index contributed by atoms with van der Waals surface area (Å²) in [5.74, 6) is 0.190. The molecule has 1 unspecified atom stereocenters. The summed E-state index contributed by atoms with van der Waals surface area (Å²) in [6.45, 7) is 2.83. The van der Waals surface area contributed by atoms with Crippen molar-refractivity contribution in [2.24, 2.45) is 0 Å². The molecule has 0 bridgehead atoms. The summed E-state index contributed by atoms with van der Waals surface area (Å²) < 4.78 is 19.0. The Bertz CT molecular complexity index is 545. The van der Waals surface area contributed by atoms with Crippen molar-refractivity contribution >= 4 is 0 Å². The summed E-state index contributed by atoms with van der Waals surface area (Å²) >= 11 is 0. The Morgan fingerprint density at radius 2 is 2.00 bits per heavy atom. The molecule has 1 atom stereocenters. The van der Waals surface area contributed by atoms with Crippen molar-refractivity contribution in [1.29, 1.82) is 0 Å². The van der Waals surface area contributed by atoms with Crippen molar-refractivity contribution in [3.8, 4) is 5.88 Å². The van der Waals surface area contributed by atoms with Crippen LogP contribution >= 0.6 is 0 Å².